The lowest BCUT2D eigenvalue weighted by Crippen LogP contribution is -2.32. The molecule has 0 bridgehead atoms. The number of aromatic nitrogens is 2. The molecule has 0 saturated carbocycles. The Morgan fingerprint density at radius 1 is 1.23 bits per heavy atom. The minimum atomic E-state index is -3.61. The van der Waals surface area contributed by atoms with Gasteiger partial charge in [-0.1, -0.05) is 19.1 Å². The fourth-order valence-corrected chi connectivity index (χ4v) is 4.94. The third kappa shape index (κ3) is 3.59. The van der Waals surface area contributed by atoms with Crippen LogP contribution < -0.4 is 10.3 Å². The van der Waals surface area contributed by atoms with E-state index < -0.39 is 10.0 Å². The van der Waals surface area contributed by atoms with Gasteiger partial charge in [-0.05, 0) is 63.1 Å². The van der Waals surface area contributed by atoms with Crippen LogP contribution in [-0.2, 0) is 22.9 Å². The summed E-state index contributed by atoms with van der Waals surface area (Å²) in [6.45, 7) is 5.56. The smallest absolute Gasteiger partial charge is 0.267 e. The van der Waals surface area contributed by atoms with Crippen molar-refractivity contribution in [2.24, 2.45) is 0 Å². The molecule has 6 nitrogen and oxygen atoms in total. The second kappa shape index (κ2) is 7.32. The monoisotopic (exact) mass is 375 g/mol. The lowest BCUT2D eigenvalue weighted by Gasteiger charge is -2.18. The van der Waals surface area contributed by atoms with Crippen LogP contribution in [0, 0.1) is 6.92 Å². The first-order valence-electron chi connectivity index (χ1n) is 9.07. The first-order valence-corrected chi connectivity index (χ1v) is 10.6. The van der Waals surface area contributed by atoms with Crippen LogP contribution in [0.5, 0.6) is 0 Å². The molecule has 26 heavy (non-hydrogen) atoms. The maximum Gasteiger partial charge on any atom is 0.267 e. The van der Waals surface area contributed by atoms with E-state index in [0.29, 0.717) is 17.7 Å². The first kappa shape index (κ1) is 18.8. The van der Waals surface area contributed by atoms with E-state index in [4.69, 9.17) is 0 Å². The van der Waals surface area contributed by atoms with Gasteiger partial charge >= 0.3 is 0 Å². The highest BCUT2D eigenvalue weighted by Crippen LogP contribution is 2.30. The summed E-state index contributed by atoms with van der Waals surface area (Å²) in [5.41, 5.74) is 3.67. The minimum Gasteiger partial charge on any atom is -0.268 e. The molecule has 0 fully saturated rings. The van der Waals surface area contributed by atoms with Crippen LogP contribution in [0.1, 0.15) is 49.8 Å². The Balaban J connectivity index is 2.11. The molecular formula is C19H25N3O3S. The van der Waals surface area contributed by atoms with E-state index in [1.807, 2.05) is 19.9 Å². The van der Waals surface area contributed by atoms with Gasteiger partial charge in [0.25, 0.3) is 5.56 Å². The number of hydrogen-bond acceptors (Lipinski definition) is 4. The highest BCUT2D eigenvalue weighted by molar-refractivity contribution is 7.89. The van der Waals surface area contributed by atoms with E-state index in [9.17, 15) is 13.2 Å². The van der Waals surface area contributed by atoms with Crippen molar-refractivity contribution in [2.45, 2.75) is 63.8 Å². The van der Waals surface area contributed by atoms with E-state index in [1.165, 1.54) is 0 Å². The van der Waals surface area contributed by atoms with Crippen LogP contribution in [0.25, 0.3) is 11.3 Å². The number of benzene rings is 1. The molecule has 3 rings (SSSR count). The predicted molar refractivity (Wildman–Crippen MR) is 102 cm³/mol. The number of hydrogen-bond donors (Lipinski definition) is 2. The quantitative estimate of drug-likeness (QED) is 0.840. The lowest BCUT2D eigenvalue weighted by molar-refractivity contribution is 0.555. The Bertz CT molecular complexity index is 980. The molecule has 0 radical (unpaired) electrons. The van der Waals surface area contributed by atoms with Crippen LogP contribution in [0.3, 0.4) is 0 Å². The van der Waals surface area contributed by atoms with Gasteiger partial charge in [-0.15, -0.1) is 0 Å². The molecule has 7 heteroatoms. The third-order valence-electron chi connectivity index (χ3n) is 5.02. The van der Waals surface area contributed by atoms with Crippen molar-refractivity contribution in [2.75, 3.05) is 0 Å². The summed E-state index contributed by atoms with van der Waals surface area (Å²) in [6, 6.07) is 5.19. The summed E-state index contributed by atoms with van der Waals surface area (Å²) < 4.78 is 28.2. The molecule has 0 aliphatic heterocycles. The standard InChI is InChI=1S/C19H25N3O3S/c1-4-13(3)22-26(24,25)17-11-14(10-9-12(17)2)18-15-7-5-6-8-16(15)19(23)21-20-18/h9-11,13,22H,4-8H2,1-3H3,(H,21,23)/t13-/m1/s1. The molecule has 0 unspecified atom stereocenters. The Hall–Kier alpha value is -1.99. The van der Waals surface area contributed by atoms with Gasteiger partial charge < -0.3 is 0 Å². The Labute approximate surface area is 154 Å². The van der Waals surface area contributed by atoms with Gasteiger partial charge in [0.1, 0.15) is 0 Å². The molecule has 1 heterocycles. The molecule has 2 aromatic rings. The Kier molecular flexibility index (Phi) is 5.29. The van der Waals surface area contributed by atoms with E-state index >= 15 is 0 Å². The number of aryl methyl sites for hydroxylation is 1. The van der Waals surface area contributed by atoms with Crippen molar-refractivity contribution in [3.63, 3.8) is 0 Å². The molecular weight excluding hydrogens is 350 g/mol. The number of nitrogens with zero attached hydrogens (tertiary/aromatic N) is 1. The molecule has 1 aromatic carbocycles. The van der Waals surface area contributed by atoms with Gasteiger partial charge in [0.2, 0.25) is 10.0 Å². The first-order chi connectivity index (χ1) is 12.3. The molecule has 1 aromatic heterocycles. The number of sulfonamides is 1. The fourth-order valence-electron chi connectivity index (χ4n) is 3.35. The second-order valence-corrected chi connectivity index (χ2v) is 8.66. The van der Waals surface area contributed by atoms with Gasteiger partial charge in [0.15, 0.2) is 0 Å². The van der Waals surface area contributed by atoms with E-state index in [1.54, 1.807) is 19.1 Å². The lowest BCUT2D eigenvalue weighted by atomic mass is 9.90. The zero-order valence-corrected chi connectivity index (χ0v) is 16.2. The fraction of sp³-hybridized carbons (Fsp3) is 0.474. The highest BCUT2D eigenvalue weighted by atomic mass is 32.2. The van der Waals surface area contributed by atoms with Gasteiger partial charge in [-0.3, -0.25) is 4.79 Å². The van der Waals surface area contributed by atoms with Crippen molar-refractivity contribution in [1.29, 1.82) is 0 Å². The Morgan fingerprint density at radius 2 is 1.92 bits per heavy atom. The maximum atomic E-state index is 12.8. The molecule has 0 saturated heterocycles. The van der Waals surface area contributed by atoms with Crippen molar-refractivity contribution in [3.8, 4) is 11.3 Å². The van der Waals surface area contributed by atoms with Crippen LogP contribution >= 0.6 is 0 Å². The maximum absolute atomic E-state index is 12.8. The second-order valence-electron chi connectivity index (χ2n) is 6.98. The van der Waals surface area contributed by atoms with Gasteiger partial charge in [-0.25, -0.2) is 18.2 Å². The summed E-state index contributed by atoms with van der Waals surface area (Å²) in [7, 11) is -3.61. The van der Waals surface area contributed by atoms with Crippen molar-refractivity contribution >= 4 is 10.0 Å². The topological polar surface area (TPSA) is 91.9 Å². The summed E-state index contributed by atoms with van der Waals surface area (Å²) in [4.78, 5) is 12.3. The van der Waals surface area contributed by atoms with E-state index in [-0.39, 0.29) is 16.5 Å². The molecule has 1 aliphatic carbocycles. The zero-order chi connectivity index (χ0) is 18.9. The van der Waals surface area contributed by atoms with Crippen molar-refractivity contribution in [1.82, 2.24) is 14.9 Å². The third-order valence-corrected chi connectivity index (χ3v) is 6.75. The van der Waals surface area contributed by atoms with Crippen molar-refractivity contribution < 1.29 is 8.42 Å². The number of aromatic amines is 1. The number of H-pyrrole nitrogens is 1. The zero-order valence-electron chi connectivity index (χ0n) is 15.4. The van der Waals surface area contributed by atoms with Gasteiger partial charge in [0, 0.05) is 17.2 Å². The predicted octanol–water partition coefficient (Wildman–Crippen LogP) is 2.70. The summed E-state index contributed by atoms with van der Waals surface area (Å²) >= 11 is 0. The van der Waals surface area contributed by atoms with Crippen molar-refractivity contribution in [3.05, 3.63) is 45.2 Å². The molecule has 1 atom stereocenters. The van der Waals surface area contributed by atoms with Gasteiger partial charge in [0.05, 0.1) is 10.6 Å². The minimum absolute atomic E-state index is 0.137. The van der Waals surface area contributed by atoms with E-state index in [0.717, 1.165) is 42.4 Å². The average Bonchev–Trinajstić information content (AvgIpc) is 2.62. The van der Waals surface area contributed by atoms with Gasteiger partial charge in [-0.2, -0.15) is 5.10 Å². The average molecular weight is 375 g/mol. The Morgan fingerprint density at radius 3 is 2.62 bits per heavy atom. The normalized spacial score (nSPS) is 15.5. The highest BCUT2D eigenvalue weighted by Gasteiger charge is 2.23. The largest absolute Gasteiger partial charge is 0.268 e. The SMILES string of the molecule is CC[C@@H](C)NS(=O)(=O)c1cc(-c2n[nH]c(=O)c3c2CCCC3)ccc1C. The summed E-state index contributed by atoms with van der Waals surface area (Å²) in [6.07, 6.45) is 4.26. The number of nitrogens with one attached hydrogen (secondary N) is 2. The molecule has 1 aliphatic rings. The number of fused-ring (bicyclic) bond motifs is 1. The molecule has 2 N–H and O–H groups in total. The summed E-state index contributed by atoms with van der Waals surface area (Å²) in [5.74, 6) is 0. The molecule has 140 valence electrons. The van der Waals surface area contributed by atoms with Crippen LogP contribution in [0.2, 0.25) is 0 Å². The molecule has 0 spiro atoms. The van der Waals surface area contributed by atoms with E-state index in [2.05, 4.69) is 14.9 Å². The summed E-state index contributed by atoms with van der Waals surface area (Å²) in [5, 5.41) is 6.81. The van der Waals surface area contributed by atoms with Crippen LogP contribution in [0.4, 0.5) is 0 Å². The van der Waals surface area contributed by atoms with Crippen LogP contribution in [0.15, 0.2) is 27.9 Å². The molecule has 0 amide bonds. The number of rotatable bonds is 5. The van der Waals surface area contributed by atoms with Crippen LogP contribution in [-0.4, -0.2) is 24.7 Å².